The zero-order valence-electron chi connectivity index (χ0n) is 33.0. The highest BCUT2D eigenvalue weighted by atomic mass is 16.6. The number of fused-ring (bicyclic) bond motifs is 2. The minimum Gasteiger partial charge on any atom is -0.508 e. The summed E-state index contributed by atoms with van der Waals surface area (Å²) in [5, 5.41) is 9.84. The number of carbonyl (C=O) groups excluding carboxylic acids is 3. The molecule has 0 unspecified atom stereocenters. The summed E-state index contributed by atoms with van der Waals surface area (Å²) in [5.74, 6) is 0.356. The maximum Gasteiger partial charge on any atom is 0.415 e. The zero-order valence-corrected chi connectivity index (χ0v) is 33.0. The molecule has 3 aliphatic heterocycles. The molecule has 1 atom stereocenters. The minimum atomic E-state index is -0.427. The number of anilines is 1. The fraction of sp³-hybridized carbons (Fsp3) is 0.326. The molecule has 4 aromatic carbocycles. The first-order valence-electron chi connectivity index (χ1n) is 19.7. The first-order chi connectivity index (χ1) is 27.5. The van der Waals surface area contributed by atoms with Gasteiger partial charge in [0, 0.05) is 87.6 Å². The van der Waals surface area contributed by atoms with Crippen molar-refractivity contribution in [3.63, 3.8) is 0 Å². The van der Waals surface area contributed by atoms with Crippen molar-refractivity contribution in [1.82, 2.24) is 19.3 Å². The molecular weight excluding hydrogens is 719 g/mol. The van der Waals surface area contributed by atoms with Crippen LogP contribution in [0, 0.1) is 13.8 Å². The topological polar surface area (TPSA) is 108 Å². The van der Waals surface area contributed by atoms with Crippen LogP contribution in [0.25, 0.3) is 11.3 Å². The van der Waals surface area contributed by atoms with Crippen molar-refractivity contribution in [3.8, 4) is 22.8 Å². The van der Waals surface area contributed by atoms with Crippen LogP contribution in [0.5, 0.6) is 11.5 Å². The molecule has 0 aliphatic carbocycles. The van der Waals surface area contributed by atoms with Gasteiger partial charge >= 0.3 is 6.09 Å². The number of phenols is 1. The van der Waals surface area contributed by atoms with Crippen LogP contribution in [0.2, 0.25) is 0 Å². The van der Waals surface area contributed by atoms with E-state index in [0.717, 1.165) is 65.3 Å². The number of ether oxygens (including phenoxy) is 2. The van der Waals surface area contributed by atoms with Crippen molar-refractivity contribution >= 4 is 23.6 Å². The molecule has 11 heteroatoms. The molecule has 1 aromatic heterocycles. The van der Waals surface area contributed by atoms with Crippen LogP contribution in [0.3, 0.4) is 0 Å². The molecule has 5 aromatic rings. The van der Waals surface area contributed by atoms with Gasteiger partial charge in [-0.25, -0.2) is 4.79 Å². The molecule has 4 heterocycles. The predicted octanol–water partition coefficient (Wildman–Crippen LogP) is 6.75. The summed E-state index contributed by atoms with van der Waals surface area (Å²) in [7, 11) is 3.64. The number of aromatic nitrogens is 1. The summed E-state index contributed by atoms with van der Waals surface area (Å²) in [5.41, 5.74) is 9.16. The van der Waals surface area contributed by atoms with Crippen LogP contribution in [0.15, 0.2) is 91.0 Å². The Morgan fingerprint density at radius 3 is 2.30 bits per heavy atom. The third-order valence-electron chi connectivity index (χ3n) is 11.9. The second-order valence-corrected chi connectivity index (χ2v) is 15.4. The van der Waals surface area contributed by atoms with Gasteiger partial charge in [-0.3, -0.25) is 14.5 Å². The number of aryl methyl sites for hydroxylation is 1. The van der Waals surface area contributed by atoms with Gasteiger partial charge in [-0.2, -0.15) is 0 Å². The summed E-state index contributed by atoms with van der Waals surface area (Å²) in [6.07, 6.45) is 0.891. The predicted molar refractivity (Wildman–Crippen MR) is 219 cm³/mol. The van der Waals surface area contributed by atoms with E-state index in [1.807, 2.05) is 66.8 Å². The van der Waals surface area contributed by atoms with Gasteiger partial charge in [0.1, 0.15) is 11.5 Å². The molecular formula is C46H49N5O6. The highest BCUT2D eigenvalue weighted by Crippen LogP contribution is 2.36. The summed E-state index contributed by atoms with van der Waals surface area (Å²) in [6, 6.07) is 28.2. The summed E-state index contributed by atoms with van der Waals surface area (Å²) < 4.78 is 13.5. The smallest absolute Gasteiger partial charge is 0.415 e. The molecule has 1 saturated heterocycles. The van der Waals surface area contributed by atoms with E-state index >= 15 is 4.79 Å². The van der Waals surface area contributed by atoms with Crippen LogP contribution in [0.4, 0.5) is 10.5 Å². The van der Waals surface area contributed by atoms with Gasteiger partial charge in [0.25, 0.3) is 11.8 Å². The molecule has 0 radical (unpaired) electrons. The molecule has 8 rings (SSSR count). The Morgan fingerprint density at radius 1 is 0.825 bits per heavy atom. The van der Waals surface area contributed by atoms with Gasteiger partial charge in [-0.1, -0.05) is 42.5 Å². The molecule has 1 fully saturated rings. The number of nitrogens with zero attached hydrogens (tertiary/aromatic N) is 5. The number of morpholine rings is 1. The molecule has 3 aliphatic rings. The lowest BCUT2D eigenvalue weighted by atomic mass is 9.89. The van der Waals surface area contributed by atoms with Crippen LogP contribution >= 0.6 is 0 Å². The Bertz CT molecular complexity index is 2330. The molecule has 1 N–H and O–H groups in total. The number of phenolic OH excluding ortho intramolecular Hbond substituents is 1. The van der Waals surface area contributed by atoms with Crippen LogP contribution in [-0.4, -0.2) is 94.8 Å². The zero-order chi connectivity index (χ0) is 39.8. The summed E-state index contributed by atoms with van der Waals surface area (Å²) >= 11 is 0. The van der Waals surface area contributed by atoms with Crippen molar-refractivity contribution in [2.75, 3.05) is 51.3 Å². The number of para-hydroxylation sites is 1. The molecule has 57 heavy (non-hydrogen) atoms. The van der Waals surface area contributed by atoms with Crippen molar-refractivity contribution in [3.05, 3.63) is 136 Å². The molecule has 11 nitrogen and oxygen atoms in total. The third kappa shape index (κ3) is 7.65. The van der Waals surface area contributed by atoms with E-state index in [1.54, 1.807) is 47.2 Å². The SMILES string of the molecule is Cc1ccccc1OC(=O)N1CCc2cc(-c3cc(C(=O)N(C)c4ccc(O)cc4)c(C)n3C)c(C(=O)N3Cc4ccccc4C[C@H]3CN3CCOCC3)cc2C1. The van der Waals surface area contributed by atoms with Crippen molar-refractivity contribution in [1.29, 1.82) is 0 Å². The average molecular weight is 768 g/mol. The molecule has 0 spiro atoms. The van der Waals surface area contributed by atoms with E-state index in [9.17, 15) is 14.7 Å². The van der Waals surface area contributed by atoms with Crippen molar-refractivity contribution in [2.45, 2.75) is 45.8 Å². The molecule has 0 bridgehead atoms. The normalized spacial score (nSPS) is 16.8. The number of carbonyl (C=O) groups is 3. The van der Waals surface area contributed by atoms with Crippen molar-refractivity contribution < 1.29 is 29.0 Å². The Kier molecular flexibility index (Phi) is 10.6. The van der Waals surface area contributed by atoms with Crippen LogP contribution in [0.1, 0.15) is 54.2 Å². The van der Waals surface area contributed by atoms with Crippen LogP contribution < -0.4 is 9.64 Å². The van der Waals surface area contributed by atoms with Crippen molar-refractivity contribution in [2.24, 2.45) is 7.05 Å². The Balaban J connectivity index is 1.19. The minimum absolute atomic E-state index is 0.0683. The quantitative estimate of drug-likeness (QED) is 0.195. The number of rotatable bonds is 7. The van der Waals surface area contributed by atoms with Gasteiger partial charge in [-0.15, -0.1) is 0 Å². The average Bonchev–Trinajstić information content (AvgIpc) is 3.53. The van der Waals surface area contributed by atoms with Gasteiger partial charge in [0.05, 0.1) is 18.8 Å². The number of hydrogen-bond acceptors (Lipinski definition) is 7. The number of hydrogen-bond donors (Lipinski definition) is 1. The Morgan fingerprint density at radius 2 is 1.54 bits per heavy atom. The monoisotopic (exact) mass is 767 g/mol. The molecule has 294 valence electrons. The third-order valence-corrected chi connectivity index (χ3v) is 11.9. The van der Waals surface area contributed by atoms with E-state index in [0.29, 0.717) is 61.8 Å². The van der Waals surface area contributed by atoms with E-state index in [-0.39, 0.29) is 23.6 Å². The number of amides is 3. The molecule has 0 saturated carbocycles. The first kappa shape index (κ1) is 38.0. The number of aromatic hydroxyl groups is 1. The lowest BCUT2D eigenvalue weighted by Gasteiger charge is -2.41. The first-order valence-corrected chi connectivity index (χ1v) is 19.7. The largest absolute Gasteiger partial charge is 0.508 e. The Hall–Kier alpha value is -5.91. The van der Waals surface area contributed by atoms with E-state index < -0.39 is 6.09 Å². The lowest BCUT2D eigenvalue weighted by Crippen LogP contribution is -2.52. The maximum absolute atomic E-state index is 15.4. The van der Waals surface area contributed by atoms with E-state index in [4.69, 9.17) is 9.47 Å². The van der Waals surface area contributed by atoms with Gasteiger partial charge in [-0.05, 0) is 103 Å². The summed E-state index contributed by atoms with van der Waals surface area (Å²) in [6.45, 7) is 8.77. The number of benzene rings is 4. The second-order valence-electron chi connectivity index (χ2n) is 15.4. The fourth-order valence-corrected chi connectivity index (χ4v) is 8.36. The molecule has 3 amide bonds. The van der Waals surface area contributed by atoms with Gasteiger partial charge in [0.2, 0.25) is 0 Å². The van der Waals surface area contributed by atoms with Gasteiger partial charge < -0.3 is 33.8 Å². The van der Waals surface area contributed by atoms with E-state index in [2.05, 4.69) is 29.2 Å². The van der Waals surface area contributed by atoms with E-state index in [1.165, 1.54) is 5.56 Å². The van der Waals surface area contributed by atoms with Gasteiger partial charge in [0.15, 0.2) is 0 Å². The highest BCUT2D eigenvalue weighted by Gasteiger charge is 2.35. The maximum atomic E-state index is 15.4. The Labute approximate surface area is 333 Å². The summed E-state index contributed by atoms with van der Waals surface area (Å²) in [4.78, 5) is 50.6. The standard InChI is InChI=1S/C46H49N5O6/c1-30-9-5-8-12-43(30)57-46(55)50-18-17-33-24-40(42-26-39(31(2)47(42)3)44(53)48(4)36-13-15-38(52)16-14-36)41(25-35(33)27-50)45(54)51-28-34-11-7-6-10-32(34)23-37(51)29-49-19-21-56-22-20-49/h5-16,24-26,37,52H,17-23,27-29H2,1-4H3/t37-/m0/s1. The highest BCUT2D eigenvalue weighted by molar-refractivity contribution is 6.08. The second kappa shape index (κ2) is 15.9. The van der Waals surface area contributed by atoms with Crippen LogP contribution in [-0.2, 0) is 37.7 Å². The lowest BCUT2D eigenvalue weighted by molar-refractivity contribution is 0.0193. The fourth-order valence-electron chi connectivity index (χ4n) is 8.36.